The molecule has 0 bridgehead atoms. The summed E-state index contributed by atoms with van der Waals surface area (Å²) in [6, 6.07) is 6.49. The predicted molar refractivity (Wildman–Crippen MR) is 84.3 cm³/mol. The van der Waals surface area contributed by atoms with E-state index in [1.807, 2.05) is 0 Å². The van der Waals surface area contributed by atoms with E-state index in [0.717, 1.165) is 30.6 Å². The SMILES string of the molecule is CC1(C)CCC(N)C(S(=O)c2ccc3c(c2)CCC3)C1. The molecule has 3 rings (SSSR count). The Morgan fingerprint density at radius 2 is 2.00 bits per heavy atom. The van der Waals surface area contributed by atoms with Gasteiger partial charge in [0.15, 0.2) is 0 Å². The van der Waals surface area contributed by atoms with Crippen molar-refractivity contribution in [2.45, 2.75) is 68.6 Å². The molecule has 2 nitrogen and oxygen atoms in total. The van der Waals surface area contributed by atoms with E-state index >= 15 is 0 Å². The summed E-state index contributed by atoms with van der Waals surface area (Å²) in [5, 5.41) is 0.109. The molecule has 3 atom stereocenters. The largest absolute Gasteiger partial charge is 0.327 e. The average molecular weight is 291 g/mol. The van der Waals surface area contributed by atoms with Gasteiger partial charge in [0.25, 0.3) is 0 Å². The average Bonchev–Trinajstić information content (AvgIpc) is 2.88. The maximum absolute atomic E-state index is 12.9. The topological polar surface area (TPSA) is 43.1 Å². The fourth-order valence-corrected chi connectivity index (χ4v) is 5.49. The van der Waals surface area contributed by atoms with Gasteiger partial charge in [-0.1, -0.05) is 19.9 Å². The predicted octanol–water partition coefficient (Wildman–Crippen LogP) is 3.19. The Balaban J connectivity index is 1.84. The molecule has 3 heteroatoms. The van der Waals surface area contributed by atoms with Crippen LogP contribution >= 0.6 is 0 Å². The molecule has 0 radical (unpaired) electrons. The molecule has 0 amide bonds. The molecule has 20 heavy (non-hydrogen) atoms. The molecular formula is C17H25NOS. The maximum Gasteiger partial charge on any atom is 0.0576 e. The van der Waals surface area contributed by atoms with Crippen molar-refractivity contribution in [1.82, 2.24) is 0 Å². The Labute approximate surface area is 124 Å². The Hall–Kier alpha value is -0.670. The van der Waals surface area contributed by atoms with Gasteiger partial charge in [0, 0.05) is 10.9 Å². The van der Waals surface area contributed by atoms with Gasteiger partial charge in [0.2, 0.25) is 0 Å². The molecule has 0 spiro atoms. The molecule has 2 aliphatic carbocycles. The van der Waals surface area contributed by atoms with E-state index in [4.69, 9.17) is 5.73 Å². The van der Waals surface area contributed by atoms with Gasteiger partial charge in [-0.15, -0.1) is 0 Å². The van der Waals surface area contributed by atoms with E-state index in [0.29, 0.717) is 0 Å². The van der Waals surface area contributed by atoms with Crippen molar-refractivity contribution < 1.29 is 4.21 Å². The van der Waals surface area contributed by atoms with Crippen molar-refractivity contribution in [2.75, 3.05) is 0 Å². The molecule has 2 aliphatic rings. The fraction of sp³-hybridized carbons (Fsp3) is 0.647. The Morgan fingerprint density at radius 3 is 2.80 bits per heavy atom. The van der Waals surface area contributed by atoms with Gasteiger partial charge in [0.1, 0.15) is 0 Å². The Kier molecular flexibility index (Phi) is 3.76. The van der Waals surface area contributed by atoms with Crippen molar-refractivity contribution in [2.24, 2.45) is 11.1 Å². The third-order valence-electron chi connectivity index (χ3n) is 4.96. The summed E-state index contributed by atoms with van der Waals surface area (Å²) in [7, 11) is -0.964. The Morgan fingerprint density at radius 1 is 1.25 bits per heavy atom. The summed E-state index contributed by atoms with van der Waals surface area (Å²) in [5.41, 5.74) is 9.37. The van der Waals surface area contributed by atoms with Crippen molar-refractivity contribution >= 4 is 10.8 Å². The van der Waals surface area contributed by atoms with Gasteiger partial charge in [-0.05, 0) is 67.2 Å². The molecule has 1 saturated carbocycles. The highest BCUT2D eigenvalue weighted by molar-refractivity contribution is 7.85. The van der Waals surface area contributed by atoms with Gasteiger partial charge >= 0.3 is 0 Å². The first-order chi connectivity index (χ1) is 9.46. The summed E-state index contributed by atoms with van der Waals surface area (Å²) in [5.74, 6) is 0. The van der Waals surface area contributed by atoms with Gasteiger partial charge in [-0.25, -0.2) is 0 Å². The van der Waals surface area contributed by atoms with E-state index < -0.39 is 10.8 Å². The van der Waals surface area contributed by atoms with Crippen LogP contribution in [0.4, 0.5) is 0 Å². The molecular weight excluding hydrogens is 266 g/mol. The third kappa shape index (κ3) is 2.71. The van der Waals surface area contributed by atoms with Crippen molar-refractivity contribution in [3.05, 3.63) is 29.3 Å². The van der Waals surface area contributed by atoms with Crippen LogP contribution in [0.3, 0.4) is 0 Å². The number of hydrogen-bond acceptors (Lipinski definition) is 2. The van der Waals surface area contributed by atoms with Crippen LogP contribution in [0, 0.1) is 5.41 Å². The minimum Gasteiger partial charge on any atom is -0.327 e. The standard InChI is InChI=1S/C17H25NOS/c1-17(2)9-8-15(18)16(11-17)20(19)14-7-6-12-4-3-5-13(12)10-14/h6-7,10,15-16H,3-5,8-9,11,18H2,1-2H3. The lowest BCUT2D eigenvalue weighted by atomic mass is 9.75. The number of nitrogens with two attached hydrogens (primary N) is 1. The van der Waals surface area contributed by atoms with Crippen LogP contribution in [-0.2, 0) is 23.6 Å². The molecule has 3 unspecified atom stereocenters. The first kappa shape index (κ1) is 14.3. The summed E-state index contributed by atoms with van der Waals surface area (Å²) < 4.78 is 12.9. The van der Waals surface area contributed by atoms with E-state index in [2.05, 4.69) is 32.0 Å². The molecule has 2 N–H and O–H groups in total. The highest BCUT2D eigenvalue weighted by atomic mass is 32.2. The first-order valence-electron chi connectivity index (χ1n) is 7.74. The minimum atomic E-state index is -0.964. The second-order valence-corrected chi connectivity index (χ2v) is 8.86. The smallest absolute Gasteiger partial charge is 0.0576 e. The normalized spacial score (nSPS) is 29.9. The van der Waals surface area contributed by atoms with Gasteiger partial charge < -0.3 is 5.73 Å². The highest BCUT2D eigenvalue weighted by Gasteiger charge is 2.37. The quantitative estimate of drug-likeness (QED) is 0.909. The first-order valence-corrected chi connectivity index (χ1v) is 8.95. The number of fused-ring (bicyclic) bond motifs is 1. The maximum atomic E-state index is 12.9. The van der Waals surface area contributed by atoms with Crippen molar-refractivity contribution in [3.63, 3.8) is 0 Å². The van der Waals surface area contributed by atoms with Crippen LogP contribution in [0.5, 0.6) is 0 Å². The molecule has 1 aromatic carbocycles. The monoisotopic (exact) mass is 291 g/mol. The van der Waals surface area contributed by atoms with Crippen LogP contribution in [0.1, 0.15) is 50.7 Å². The number of rotatable bonds is 2. The summed E-state index contributed by atoms with van der Waals surface area (Å²) >= 11 is 0. The summed E-state index contributed by atoms with van der Waals surface area (Å²) in [6.45, 7) is 4.54. The van der Waals surface area contributed by atoms with E-state index in [1.165, 1.54) is 24.0 Å². The lowest BCUT2D eigenvalue weighted by Crippen LogP contribution is -2.45. The zero-order valence-corrected chi connectivity index (χ0v) is 13.3. The fourth-order valence-electron chi connectivity index (χ4n) is 3.62. The number of benzene rings is 1. The second-order valence-electron chi connectivity index (χ2n) is 7.19. The van der Waals surface area contributed by atoms with E-state index in [9.17, 15) is 4.21 Å². The molecule has 0 heterocycles. The van der Waals surface area contributed by atoms with Crippen LogP contribution in [0.15, 0.2) is 23.1 Å². The minimum absolute atomic E-state index is 0.0807. The van der Waals surface area contributed by atoms with Gasteiger partial charge in [-0.3, -0.25) is 4.21 Å². The Bertz CT molecular complexity index is 538. The van der Waals surface area contributed by atoms with Crippen LogP contribution in [0.25, 0.3) is 0 Å². The molecule has 0 saturated heterocycles. The second kappa shape index (κ2) is 5.27. The highest BCUT2D eigenvalue weighted by Crippen LogP contribution is 2.38. The zero-order valence-electron chi connectivity index (χ0n) is 12.5. The van der Waals surface area contributed by atoms with Gasteiger partial charge in [0.05, 0.1) is 16.0 Å². The molecule has 0 aromatic heterocycles. The molecule has 110 valence electrons. The molecule has 1 fully saturated rings. The van der Waals surface area contributed by atoms with Crippen LogP contribution in [-0.4, -0.2) is 15.5 Å². The number of hydrogen-bond donors (Lipinski definition) is 1. The lowest BCUT2D eigenvalue weighted by molar-refractivity contribution is 0.230. The van der Waals surface area contributed by atoms with Crippen molar-refractivity contribution in [1.29, 1.82) is 0 Å². The third-order valence-corrected chi connectivity index (χ3v) is 6.75. The van der Waals surface area contributed by atoms with E-state index in [1.54, 1.807) is 0 Å². The van der Waals surface area contributed by atoms with Crippen LogP contribution in [0.2, 0.25) is 0 Å². The molecule has 1 aromatic rings. The zero-order chi connectivity index (χ0) is 14.3. The van der Waals surface area contributed by atoms with E-state index in [-0.39, 0.29) is 16.7 Å². The summed E-state index contributed by atoms with van der Waals surface area (Å²) in [4.78, 5) is 0.990. The van der Waals surface area contributed by atoms with Crippen molar-refractivity contribution in [3.8, 4) is 0 Å². The molecule has 0 aliphatic heterocycles. The van der Waals surface area contributed by atoms with Gasteiger partial charge in [-0.2, -0.15) is 0 Å². The number of aryl methyl sites for hydroxylation is 2. The summed E-state index contributed by atoms with van der Waals surface area (Å²) in [6.07, 6.45) is 6.67. The lowest BCUT2D eigenvalue weighted by Gasteiger charge is -2.38. The van der Waals surface area contributed by atoms with Crippen LogP contribution < -0.4 is 5.73 Å².